The Bertz CT molecular complexity index is 1550. The third-order valence-corrected chi connectivity index (χ3v) is 7.80. The van der Waals surface area contributed by atoms with Crippen molar-refractivity contribution in [2.24, 2.45) is 7.05 Å². The average Bonchev–Trinajstić information content (AvgIpc) is 3.58. The number of amides is 2. The number of nitrogens with zero attached hydrogens (tertiary/aromatic N) is 7. The van der Waals surface area contributed by atoms with Crippen molar-refractivity contribution in [1.82, 2.24) is 34.6 Å². The summed E-state index contributed by atoms with van der Waals surface area (Å²) in [6, 6.07) is 11.8. The Kier molecular flexibility index (Phi) is 7.87. The summed E-state index contributed by atoms with van der Waals surface area (Å²) < 4.78 is 3.11. The summed E-state index contributed by atoms with van der Waals surface area (Å²) in [5.41, 5.74) is 2.13. The lowest BCUT2D eigenvalue weighted by molar-refractivity contribution is 0.0378. The molecule has 4 aromatic rings. The average molecular weight is 602 g/mol. The first-order valence-corrected chi connectivity index (χ1v) is 13.7. The van der Waals surface area contributed by atoms with E-state index < -0.39 is 5.54 Å². The Hall–Kier alpha value is -3.44. The summed E-state index contributed by atoms with van der Waals surface area (Å²) >= 11 is 18.8. The van der Waals surface area contributed by atoms with Crippen LogP contribution in [0.15, 0.2) is 54.9 Å². The zero-order chi connectivity index (χ0) is 28.6. The van der Waals surface area contributed by atoms with Crippen LogP contribution in [0.4, 0.5) is 5.69 Å². The molecule has 0 aliphatic carbocycles. The molecule has 1 saturated heterocycles. The van der Waals surface area contributed by atoms with Crippen molar-refractivity contribution in [3.8, 4) is 5.69 Å². The van der Waals surface area contributed by atoms with E-state index in [2.05, 4.69) is 39.5 Å². The van der Waals surface area contributed by atoms with Gasteiger partial charge in [-0.2, -0.15) is 5.10 Å². The summed E-state index contributed by atoms with van der Waals surface area (Å²) in [5, 5.41) is 16.8. The number of benzene rings is 2. The molecule has 1 aliphatic heterocycles. The number of rotatable bonds is 6. The van der Waals surface area contributed by atoms with Crippen LogP contribution in [-0.2, 0) is 12.6 Å². The highest BCUT2D eigenvalue weighted by atomic mass is 35.5. The number of hydrogen-bond donors (Lipinski definition) is 1. The fourth-order valence-electron chi connectivity index (χ4n) is 4.68. The monoisotopic (exact) mass is 600 g/mol. The number of carbonyl (C=O) groups excluding carboxylic acids is 2. The van der Waals surface area contributed by atoms with Crippen LogP contribution in [0.5, 0.6) is 0 Å². The summed E-state index contributed by atoms with van der Waals surface area (Å²) in [5.74, 6) is -0.428. The van der Waals surface area contributed by atoms with Gasteiger partial charge in [-0.15, -0.1) is 5.10 Å². The van der Waals surface area contributed by atoms with Gasteiger partial charge in [0.25, 0.3) is 11.8 Å². The smallest absolute Gasteiger partial charge is 0.276 e. The van der Waals surface area contributed by atoms with Gasteiger partial charge in [0, 0.05) is 55.7 Å². The molecule has 1 N–H and O–H groups in total. The molecule has 2 amide bonds. The van der Waals surface area contributed by atoms with Crippen molar-refractivity contribution >= 4 is 52.3 Å². The first-order chi connectivity index (χ1) is 19.0. The van der Waals surface area contributed by atoms with E-state index in [4.69, 9.17) is 34.8 Å². The Morgan fingerprint density at radius 3 is 2.33 bits per heavy atom. The van der Waals surface area contributed by atoms with Crippen molar-refractivity contribution < 1.29 is 9.59 Å². The van der Waals surface area contributed by atoms with E-state index in [1.54, 1.807) is 65.1 Å². The van der Waals surface area contributed by atoms with E-state index in [9.17, 15) is 9.59 Å². The molecule has 10 nitrogen and oxygen atoms in total. The van der Waals surface area contributed by atoms with Gasteiger partial charge in [0.15, 0.2) is 5.69 Å². The number of aryl methyl sites for hydroxylation is 1. The predicted molar refractivity (Wildman–Crippen MR) is 154 cm³/mol. The first-order valence-electron chi connectivity index (χ1n) is 12.6. The molecule has 5 rings (SSSR count). The Balaban J connectivity index is 1.23. The van der Waals surface area contributed by atoms with E-state index in [1.165, 1.54) is 0 Å². The summed E-state index contributed by atoms with van der Waals surface area (Å²) in [6.07, 6.45) is 3.51. The SMILES string of the molecule is Cn1ccc(C(=O)Nc2cccc(C(=O)N3CCN(C(C)(C)c4cn(-c5c(Cl)cc(Cl)cc5Cl)nn4)CC3)c2)n1. The topological polar surface area (TPSA) is 101 Å². The van der Waals surface area contributed by atoms with Gasteiger partial charge in [-0.25, -0.2) is 4.68 Å². The zero-order valence-corrected chi connectivity index (χ0v) is 24.4. The summed E-state index contributed by atoms with van der Waals surface area (Å²) in [7, 11) is 1.74. The van der Waals surface area contributed by atoms with E-state index in [1.807, 2.05) is 11.1 Å². The molecule has 2 aromatic carbocycles. The standard InChI is InChI=1S/C27H27Cl3N8O2/c1-27(2,23-16-38(34-32-23)24-20(29)14-18(28)15-21(24)30)37-11-9-36(10-12-37)26(40)17-5-4-6-19(13-17)31-25(39)22-7-8-35(3)33-22/h4-8,13-16H,9-12H2,1-3H3,(H,31,39). The lowest BCUT2D eigenvalue weighted by Gasteiger charge is -2.43. The number of hydrogen-bond acceptors (Lipinski definition) is 6. The highest BCUT2D eigenvalue weighted by molar-refractivity contribution is 6.40. The molecule has 0 spiro atoms. The molecule has 3 heterocycles. The van der Waals surface area contributed by atoms with Crippen LogP contribution in [-0.4, -0.2) is 72.6 Å². The Morgan fingerprint density at radius 1 is 0.975 bits per heavy atom. The molecule has 13 heteroatoms. The van der Waals surface area contributed by atoms with Gasteiger partial charge >= 0.3 is 0 Å². The number of carbonyl (C=O) groups is 2. The minimum atomic E-state index is -0.464. The molecule has 0 atom stereocenters. The molecule has 1 aliphatic rings. The highest BCUT2D eigenvalue weighted by Crippen LogP contribution is 2.33. The maximum Gasteiger partial charge on any atom is 0.276 e. The molecule has 0 unspecified atom stereocenters. The van der Waals surface area contributed by atoms with Crippen LogP contribution < -0.4 is 5.32 Å². The third-order valence-electron chi connectivity index (χ3n) is 7.00. The van der Waals surface area contributed by atoms with Gasteiger partial charge in [0.1, 0.15) is 11.4 Å². The fourth-order valence-corrected chi connectivity index (χ4v) is 5.67. The summed E-state index contributed by atoms with van der Waals surface area (Å²) in [6.45, 7) is 6.50. The maximum absolute atomic E-state index is 13.3. The molecule has 0 saturated carbocycles. The van der Waals surface area contributed by atoms with Crippen LogP contribution >= 0.6 is 34.8 Å². The zero-order valence-electron chi connectivity index (χ0n) is 22.1. The van der Waals surface area contributed by atoms with Gasteiger partial charge in [0.05, 0.1) is 21.8 Å². The van der Waals surface area contributed by atoms with Crippen LogP contribution in [0, 0.1) is 0 Å². The number of halogens is 3. The number of anilines is 1. The highest BCUT2D eigenvalue weighted by Gasteiger charge is 2.35. The molecule has 40 heavy (non-hydrogen) atoms. The van der Waals surface area contributed by atoms with Crippen molar-refractivity contribution in [2.75, 3.05) is 31.5 Å². The van der Waals surface area contributed by atoms with Gasteiger partial charge < -0.3 is 10.2 Å². The molecule has 208 valence electrons. The second-order valence-corrected chi connectivity index (χ2v) is 11.3. The van der Waals surface area contributed by atoms with Crippen molar-refractivity contribution in [1.29, 1.82) is 0 Å². The van der Waals surface area contributed by atoms with Gasteiger partial charge in [0.2, 0.25) is 0 Å². The third kappa shape index (κ3) is 5.71. The van der Waals surface area contributed by atoms with Crippen LogP contribution in [0.1, 0.15) is 40.4 Å². The molecular formula is C27H27Cl3N8O2. The fraction of sp³-hybridized carbons (Fsp3) is 0.296. The summed E-state index contributed by atoms with van der Waals surface area (Å²) in [4.78, 5) is 29.9. The van der Waals surface area contributed by atoms with Crippen LogP contribution in [0.3, 0.4) is 0 Å². The minimum Gasteiger partial charge on any atom is -0.336 e. The van der Waals surface area contributed by atoms with E-state index >= 15 is 0 Å². The predicted octanol–water partition coefficient (Wildman–Crippen LogP) is 4.91. The van der Waals surface area contributed by atoms with Gasteiger partial charge in [-0.3, -0.25) is 19.2 Å². The van der Waals surface area contributed by atoms with Gasteiger partial charge in [-0.1, -0.05) is 46.1 Å². The Labute approximate surface area is 246 Å². The van der Waals surface area contributed by atoms with Crippen molar-refractivity contribution in [3.63, 3.8) is 0 Å². The van der Waals surface area contributed by atoms with Crippen molar-refractivity contribution in [2.45, 2.75) is 19.4 Å². The lowest BCUT2D eigenvalue weighted by atomic mass is 9.97. The number of nitrogens with one attached hydrogen (secondary N) is 1. The second-order valence-electron chi connectivity index (χ2n) is 10.0. The lowest BCUT2D eigenvalue weighted by Crippen LogP contribution is -2.54. The van der Waals surface area contributed by atoms with Crippen LogP contribution in [0.25, 0.3) is 5.69 Å². The normalized spacial score (nSPS) is 14.4. The van der Waals surface area contributed by atoms with E-state index in [0.717, 1.165) is 5.69 Å². The molecule has 2 aromatic heterocycles. The number of aromatic nitrogens is 5. The quantitative estimate of drug-likeness (QED) is 0.337. The number of piperazine rings is 1. The van der Waals surface area contributed by atoms with Crippen molar-refractivity contribution in [3.05, 3.63) is 86.9 Å². The van der Waals surface area contributed by atoms with Gasteiger partial charge in [-0.05, 0) is 50.2 Å². The molecular weight excluding hydrogens is 575 g/mol. The first kappa shape index (κ1) is 28.1. The Morgan fingerprint density at radius 2 is 1.68 bits per heavy atom. The molecule has 0 bridgehead atoms. The minimum absolute atomic E-state index is 0.0932. The second kappa shape index (κ2) is 11.2. The van der Waals surface area contributed by atoms with Crippen LogP contribution in [0.2, 0.25) is 15.1 Å². The largest absolute Gasteiger partial charge is 0.336 e. The van der Waals surface area contributed by atoms with E-state index in [0.29, 0.717) is 63.9 Å². The maximum atomic E-state index is 13.3. The molecule has 1 fully saturated rings. The molecule has 0 radical (unpaired) electrons. The van der Waals surface area contributed by atoms with E-state index in [-0.39, 0.29) is 11.8 Å².